The minimum absolute atomic E-state index is 0.0345. The topological polar surface area (TPSA) is 115 Å². The summed E-state index contributed by atoms with van der Waals surface area (Å²) in [5.74, 6) is 0.484. The first-order valence-corrected chi connectivity index (χ1v) is 16.1. The van der Waals surface area contributed by atoms with Gasteiger partial charge in [0, 0.05) is 32.8 Å². The van der Waals surface area contributed by atoms with Crippen molar-refractivity contribution in [1.29, 1.82) is 0 Å². The van der Waals surface area contributed by atoms with Gasteiger partial charge in [0.1, 0.15) is 34.1 Å². The average molecular weight is 628 g/mol. The van der Waals surface area contributed by atoms with E-state index in [-0.39, 0.29) is 35.9 Å². The molecule has 2 N–H and O–H groups in total. The van der Waals surface area contributed by atoms with E-state index in [2.05, 4.69) is 20.6 Å². The van der Waals surface area contributed by atoms with E-state index in [1.54, 1.807) is 18.1 Å². The number of aromatic nitrogens is 2. The van der Waals surface area contributed by atoms with Crippen LogP contribution in [0.15, 0.2) is 24.5 Å². The minimum Gasteiger partial charge on any atom is -0.488 e. The van der Waals surface area contributed by atoms with Crippen molar-refractivity contribution >= 4 is 45.1 Å². The van der Waals surface area contributed by atoms with E-state index >= 15 is 0 Å². The van der Waals surface area contributed by atoms with Gasteiger partial charge < -0.3 is 29.7 Å². The number of carbonyl (C=O) groups is 2. The summed E-state index contributed by atoms with van der Waals surface area (Å²) >= 11 is 1.30. The van der Waals surface area contributed by atoms with Crippen LogP contribution in [0.2, 0.25) is 0 Å². The summed E-state index contributed by atoms with van der Waals surface area (Å²) in [7, 11) is 1.72. The lowest BCUT2D eigenvalue weighted by atomic mass is 9.95. The molecule has 0 bridgehead atoms. The molecule has 44 heavy (non-hydrogen) atoms. The molecule has 10 nitrogen and oxygen atoms in total. The van der Waals surface area contributed by atoms with Gasteiger partial charge in [-0.25, -0.2) is 19.2 Å². The number of halogens is 1. The summed E-state index contributed by atoms with van der Waals surface area (Å²) in [6.07, 6.45) is 6.55. The molecule has 2 aromatic heterocycles. The molecule has 3 aromatic rings. The average Bonchev–Trinajstić information content (AvgIpc) is 3.34. The van der Waals surface area contributed by atoms with Crippen molar-refractivity contribution in [1.82, 2.24) is 20.2 Å². The molecular formula is C32H42FN5O5S. The minimum atomic E-state index is -0.553. The maximum absolute atomic E-state index is 14.3. The summed E-state index contributed by atoms with van der Waals surface area (Å²) in [5, 5.41) is 7.12. The van der Waals surface area contributed by atoms with Crippen molar-refractivity contribution in [3.8, 4) is 5.75 Å². The second-order valence-corrected chi connectivity index (χ2v) is 13.6. The fourth-order valence-corrected chi connectivity index (χ4v) is 6.88. The number of nitrogens with zero attached hydrogens (tertiary/aromatic N) is 3. The van der Waals surface area contributed by atoms with Gasteiger partial charge in [-0.15, -0.1) is 11.3 Å². The highest BCUT2D eigenvalue weighted by molar-refractivity contribution is 7.20. The Labute approximate surface area is 261 Å². The Morgan fingerprint density at radius 1 is 1.11 bits per heavy atom. The number of likely N-dealkylation sites (tertiary alicyclic amines) is 1. The van der Waals surface area contributed by atoms with Crippen molar-refractivity contribution < 1.29 is 28.2 Å². The fourth-order valence-electron chi connectivity index (χ4n) is 5.81. The molecule has 1 atom stereocenters. The third-order valence-corrected chi connectivity index (χ3v) is 9.30. The normalized spacial score (nSPS) is 20.8. The Kier molecular flexibility index (Phi) is 9.89. The van der Waals surface area contributed by atoms with Gasteiger partial charge in [0.05, 0.1) is 28.2 Å². The van der Waals surface area contributed by atoms with Crippen LogP contribution in [0.25, 0.3) is 10.2 Å². The predicted octanol–water partition coefficient (Wildman–Crippen LogP) is 6.60. The van der Waals surface area contributed by atoms with Crippen molar-refractivity contribution in [2.24, 2.45) is 5.92 Å². The number of benzene rings is 1. The first-order valence-electron chi connectivity index (χ1n) is 15.3. The molecule has 1 aliphatic heterocycles. The standard InChI is InChI=1S/C32H42FN5O5S/c1-19-26-28(37-24-13-8-21(33)15-25(24)42-23-11-9-22(41-5)10-12-23)35-18-36-30(26)44-27(19)29(39)34-16-20-7-6-14-38(17-20)31(40)43-32(2,3)4/h8,13,15,18,20,22-23H,6-7,9-12,14,16-17H2,1-5H3,(H,34,39)(H,35,36,37)/t20?,22-,23-. The second kappa shape index (κ2) is 13.6. The maximum atomic E-state index is 14.3. The molecular weight excluding hydrogens is 585 g/mol. The van der Waals surface area contributed by atoms with E-state index in [4.69, 9.17) is 14.2 Å². The lowest BCUT2D eigenvalue weighted by Crippen LogP contribution is -2.45. The summed E-state index contributed by atoms with van der Waals surface area (Å²) in [6.45, 7) is 9.08. The Morgan fingerprint density at radius 3 is 2.59 bits per heavy atom. The fraction of sp³-hybridized carbons (Fsp3) is 0.562. The van der Waals surface area contributed by atoms with Crippen molar-refractivity contribution in [2.45, 2.75) is 84.0 Å². The molecule has 3 heterocycles. The third-order valence-electron chi connectivity index (χ3n) is 8.10. The van der Waals surface area contributed by atoms with Crippen molar-refractivity contribution in [2.75, 3.05) is 32.1 Å². The number of ether oxygens (including phenoxy) is 3. The van der Waals surface area contributed by atoms with E-state index in [1.165, 1.54) is 29.8 Å². The van der Waals surface area contributed by atoms with Gasteiger partial charge in [-0.3, -0.25) is 4.79 Å². The van der Waals surface area contributed by atoms with Crippen LogP contribution in [-0.4, -0.2) is 71.4 Å². The maximum Gasteiger partial charge on any atom is 0.410 e. The van der Waals surface area contributed by atoms with Gasteiger partial charge >= 0.3 is 6.09 Å². The van der Waals surface area contributed by atoms with E-state index < -0.39 is 5.60 Å². The highest BCUT2D eigenvalue weighted by Gasteiger charge is 2.29. The molecule has 238 valence electrons. The van der Waals surface area contributed by atoms with Gasteiger partial charge in [0.25, 0.3) is 5.91 Å². The molecule has 1 aromatic carbocycles. The van der Waals surface area contributed by atoms with E-state index in [9.17, 15) is 14.0 Å². The highest BCUT2D eigenvalue weighted by atomic mass is 32.1. The smallest absolute Gasteiger partial charge is 0.410 e. The van der Waals surface area contributed by atoms with Gasteiger partial charge in [-0.1, -0.05) is 0 Å². The Balaban J connectivity index is 1.27. The van der Waals surface area contributed by atoms with Crippen LogP contribution in [0, 0.1) is 18.7 Å². The van der Waals surface area contributed by atoms with Crippen LogP contribution in [0.4, 0.5) is 20.7 Å². The number of thiophene rings is 1. The molecule has 2 amide bonds. The van der Waals surface area contributed by atoms with E-state index in [0.717, 1.165) is 49.5 Å². The SMILES string of the molecule is CO[C@H]1CC[C@H](Oc2cc(F)ccc2Nc2ncnc3sc(C(=O)NCC4CCCN(C(=O)OC(C)(C)C)C4)c(C)c23)CC1. The Morgan fingerprint density at radius 2 is 1.86 bits per heavy atom. The number of amides is 2. The zero-order chi connectivity index (χ0) is 31.4. The number of fused-ring (bicyclic) bond motifs is 1. The number of nitrogens with one attached hydrogen (secondary N) is 2. The molecule has 2 aliphatic rings. The predicted molar refractivity (Wildman–Crippen MR) is 168 cm³/mol. The largest absolute Gasteiger partial charge is 0.488 e. The number of rotatable bonds is 8. The first kappa shape index (κ1) is 31.9. The molecule has 2 fully saturated rings. The zero-order valence-electron chi connectivity index (χ0n) is 26.1. The quantitative estimate of drug-likeness (QED) is 0.287. The van der Waals surface area contributed by atoms with E-state index in [0.29, 0.717) is 46.6 Å². The third kappa shape index (κ3) is 7.76. The van der Waals surface area contributed by atoms with Gasteiger partial charge in [0.2, 0.25) is 0 Å². The van der Waals surface area contributed by atoms with Crippen LogP contribution in [-0.2, 0) is 9.47 Å². The lowest BCUT2D eigenvalue weighted by Gasteiger charge is -2.34. The number of aryl methyl sites for hydroxylation is 1. The number of hydrogen-bond acceptors (Lipinski definition) is 9. The summed E-state index contributed by atoms with van der Waals surface area (Å²) < 4.78 is 31.5. The summed E-state index contributed by atoms with van der Waals surface area (Å²) in [4.78, 5) is 37.8. The summed E-state index contributed by atoms with van der Waals surface area (Å²) in [6, 6.07) is 4.40. The van der Waals surface area contributed by atoms with Gasteiger partial charge in [-0.2, -0.15) is 0 Å². The van der Waals surface area contributed by atoms with E-state index in [1.807, 2.05) is 27.7 Å². The van der Waals surface area contributed by atoms with Crippen LogP contribution in [0.3, 0.4) is 0 Å². The highest BCUT2D eigenvalue weighted by Crippen LogP contribution is 2.37. The molecule has 12 heteroatoms. The Hall–Kier alpha value is -3.51. The number of hydrogen-bond donors (Lipinski definition) is 2. The molecule has 1 saturated carbocycles. The lowest BCUT2D eigenvalue weighted by molar-refractivity contribution is 0.0167. The van der Waals surface area contributed by atoms with Crippen molar-refractivity contribution in [3.05, 3.63) is 40.8 Å². The van der Waals surface area contributed by atoms with Gasteiger partial charge in [0.15, 0.2) is 0 Å². The number of piperidine rings is 1. The monoisotopic (exact) mass is 627 g/mol. The van der Waals surface area contributed by atoms with Crippen LogP contribution < -0.4 is 15.4 Å². The first-order chi connectivity index (χ1) is 21.0. The molecule has 1 aliphatic carbocycles. The molecule has 1 saturated heterocycles. The van der Waals surface area contributed by atoms with Crippen molar-refractivity contribution in [3.63, 3.8) is 0 Å². The Bertz CT molecular complexity index is 1480. The number of methoxy groups -OCH3 is 1. The van der Waals surface area contributed by atoms with Crippen LogP contribution in [0.1, 0.15) is 74.5 Å². The molecule has 5 rings (SSSR count). The van der Waals surface area contributed by atoms with Crippen LogP contribution >= 0.6 is 11.3 Å². The molecule has 0 radical (unpaired) electrons. The number of carbonyl (C=O) groups excluding carboxylic acids is 2. The molecule has 1 unspecified atom stereocenters. The summed E-state index contributed by atoms with van der Waals surface area (Å²) in [5.41, 5.74) is 0.790. The van der Waals surface area contributed by atoms with Crippen LogP contribution in [0.5, 0.6) is 5.75 Å². The van der Waals surface area contributed by atoms with Gasteiger partial charge in [-0.05, 0) is 89.8 Å². The number of anilines is 2. The molecule has 0 spiro atoms. The zero-order valence-corrected chi connectivity index (χ0v) is 26.9. The second-order valence-electron chi connectivity index (χ2n) is 12.6.